The minimum absolute atomic E-state index is 0.277. The molecule has 0 bridgehead atoms. The molecule has 2 N–H and O–H groups in total. The zero-order chi connectivity index (χ0) is 9.68. The van der Waals surface area contributed by atoms with Crippen molar-refractivity contribution in [3.63, 3.8) is 0 Å². The van der Waals surface area contributed by atoms with Crippen LogP contribution in [0, 0.1) is 4.91 Å². The summed E-state index contributed by atoms with van der Waals surface area (Å²) >= 11 is 0. The summed E-state index contributed by atoms with van der Waals surface area (Å²) in [6.45, 7) is 0. The average Bonchev–Trinajstić information content (AvgIpc) is 2.15. The number of carbonyl (C=O) groups excluding carboxylic acids is 1. The van der Waals surface area contributed by atoms with Gasteiger partial charge in [0, 0.05) is 6.42 Å². The summed E-state index contributed by atoms with van der Waals surface area (Å²) in [7, 11) is 0. The van der Waals surface area contributed by atoms with Crippen molar-refractivity contribution in [2.75, 3.05) is 0 Å². The van der Waals surface area contributed by atoms with Crippen LogP contribution in [-0.2, 0) is 11.2 Å². The lowest BCUT2D eigenvalue weighted by Gasteiger charge is -2.03. The van der Waals surface area contributed by atoms with Crippen molar-refractivity contribution in [2.24, 2.45) is 10.9 Å². The lowest BCUT2D eigenvalue weighted by molar-refractivity contribution is -0.119. The fourth-order valence-corrected chi connectivity index (χ4v) is 1.03. The summed E-state index contributed by atoms with van der Waals surface area (Å²) < 4.78 is 0. The first-order valence-electron chi connectivity index (χ1n) is 3.89. The van der Waals surface area contributed by atoms with Gasteiger partial charge < -0.3 is 5.73 Å². The zero-order valence-corrected chi connectivity index (χ0v) is 7.01. The molecule has 0 aliphatic carbocycles. The number of primary amides is 1. The summed E-state index contributed by atoms with van der Waals surface area (Å²) in [6.07, 6.45) is 0.277. The Kier molecular flexibility index (Phi) is 3.14. The molecule has 1 amide bonds. The van der Waals surface area contributed by atoms with E-state index in [-0.39, 0.29) is 6.42 Å². The highest BCUT2D eigenvalue weighted by Crippen LogP contribution is 2.04. The number of amides is 1. The third-order valence-corrected chi connectivity index (χ3v) is 1.73. The Balaban J connectivity index is 2.67. The van der Waals surface area contributed by atoms with Gasteiger partial charge in [-0.2, -0.15) is 0 Å². The lowest BCUT2D eigenvalue weighted by atomic mass is 10.1. The molecule has 68 valence electrons. The Bertz CT molecular complexity index is 298. The molecule has 0 fully saturated rings. The quantitative estimate of drug-likeness (QED) is 0.694. The molecule has 0 radical (unpaired) electrons. The van der Waals surface area contributed by atoms with Gasteiger partial charge >= 0.3 is 0 Å². The molecule has 4 heteroatoms. The number of rotatable bonds is 4. The predicted molar refractivity (Wildman–Crippen MR) is 48.9 cm³/mol. The summed E-state index contributed by atoms with van der Waals surface area (Å²) in [5.74, 6) is -0.682. The number of carbonyl (C=O) groups is 1. The van der Waals surface area contributed by atoms with Crippen LogP contribution < -0.4 is 5.73 Å². The molecule has 13 heavy (non-hydrogen) atoms. The maximum Gasteiger partial charge on any atom is 0.246 e. The third-order valence-electron chi connectivity index (χ3n) is 1.73. The van der Waals surface area contributed by atoms with Crippen LogP contribution in [0.4, 0.5) is 0 Å². The van der Waals surface area contributed by atoms with E-state index in [1.54, 1.807) is 0 Å². The van der Waals surface area contributed by atoms with Crippen LogP contribution in [-0.4, -0.2) is 11.9 Å². The Labute approximate surface area is 75.7 Å². The van der Waals surface area contributed by atoms with Crippen molar-refractivity contribution in [2.45, 2.75) is 12.5 Å². The minimum Gasteiger partial charge on any atom is -0.368 e. The Morgan fingerprint density at radius 2 is 2.00 bits per heavy atom. The Morgan fingerprint density at radius 1 is 1.38 bits per heavy atom. The smallest absolute Gasteiger partial charge is 0.246 e. The van der Waals surface area contributed by atoms with Crippen molar-refractivity contribution in [1.29, 1.82) is 0 Å². The topological polar surface area (TPSA) is 72.5 Å². The normalized spacial score (nSPS) is 12.0. The number of nitroso groups, excluding NO2 is 1. The van der Waals surface area contributed by atoms with E-state index in [1.165, 1.54) is 0 Å². The summed E-state index contributed by atoms with van der Waals surface area (Å²) in [5, 5.41) is 2.66. The van der Waals surface area contributed by atoms with Gasteiger partial charge in [-0.3, -0.25) is 4.79 Å². The molecule has 0 unspecified atom stereocenters. The highest BCUT2D eigenvalue weighted by Gasteiger charge is 2.15. The molecule has 1 aromatic rings. The summed E-state index contributed by atoms with van der Waals surface area (Å²) in [4.78, 5) is 20.9. The first-order valence-corrected chi connectivity index (χ1v) is 3.89. The maximum atomic E-state index is 10.7. The van der Waals surface area contributed by atoms with Crippen molar-refractivity contribution in [3.05, 3.63) is 40.8 Å². The SMILES string of the molecule is NC(=O)[C@H](Cc1ccccc1)N=O. The molecule has 4 nitrogen and oxygen atoms in total. The number of hydrogen-bond donors (Lipinski definition) is 1. The maximum absolute atomic E-state index is 10.7. The Morgan fingerprint density at radius 3 is 2.46 bits per heavy atom. The number of nitrogens with zero attached hydrogens (tertiary/aromatic N) is 1. The molecule has 1 atom stereocenters. The molecule has 1 aromatic carbocycles. The standard InChI is InChI=1S/C9H10N2O2/c10-9(12)8(11-13)6-7-4-2-1-3-5-7/h1-5,8H,6H2,(H2,10,12)/t8-/m0/s1. The van der Waals surface area contributed by atoms with Gasteiger partial charge in [0.05, 0.1) is 0 Å². The molecule has 0 heterocycles. The number of hydrogen-bond acceptors (Lipinski definition) is 3. The summed E-state index contributed by atoms with van der Waals surface area (Å²) in [5.41, 5.74) is 5.84. The minimum atomic E-state index is -0.956. The van der Waals surface area contributed by atoms with Crippen LogP contribution in [0.15, 0.2) is 35.5 Å². The Hall–Kier alpha value is -1.71. The van der Waals surface area contributed by atoms with Crippen LogP contribution in [0.25, 0.3) is 0 Å². The average molecular weight is 178 g/mol. The van der Waals surface area contributed by atoms with E-state index in [1.807, 2.05) is 30.3 Å². The van der Waals surface area contributed by atoms with E-state index >= 15 is 0 Å². The second kappa shape index (κ2) is 4.35. The van der Waals surface area contributed by atoms with Gasteiger partial charge in [0.25, 0.3) is 0 Å². The van der Waals surface area contributed by atoms with E-state index in [2.05, 4.69) is 5.18 Å². The summed E-state index contributed by atoms with van der Waals surface area (Å²) in [6, 6.07) is 8.21. The van der Waals surface area contributed by atoms with E-state index < -0.39 is 11.9 Å². The second-order valence-corrected chi connectivity index (χ2v) is 2.71. The molecule has 0 aliphatic heterocycles. The monoisotopic (exact) mass is 178 g/mol. The van der Waals surface area contributed by atoms with Gasteiger partial charge in [0.15, 0.2) is 6.04 Å². The first kappa shape index (κ1) is 9.38. The van der Waals surface area contributed by atoms with Crippen LogP contribution in [0.1, 0.15) is 5.56 Å². The second-order valence-electron chi connectivity index (χ2n) is 2.71. The van der Waals surface area contributed by atoms with E-state index in [0.717, 1.165) is 5.56 Å². The van der Waals surface area contributed by atoms with Gasteiger partial charge in [0.2, 0.25) is 5.91 Å². The zero-order valence-electron chi connectivity index (χ0n) is 7.01. The van der Waals surface area contributed by atoms with Gasteiger partial charge in [-0.25, -0.2) is 0 Å². The lowest BCUT2D eigenvalue weighted by Crippen LogP contribution is -2.28. The van der Waals surface area contributed by atoms with Gasteiger partial charge in [-0.15, -0.1) is 4.91 Å². The van der Waals surface area contributed by atoms with Crippen molar-refractivity contribution in [3.8, 4) is 0 Å². The molecule has 0 saturated carbocycles. The largest absolute Gasteiger partial charge is 0.368 e. The van der Waals surface area contributed by atoms with Gasteiger partial charge in [-0.05, 0) is 5.56 Å². The fourth-order valence-electron chi connectivity index (χ4n) is 1.03. The molecule has 0 spiro atoms. The predicted octanol–water partition coefficient (Wildman–Crippen LogP) is 0.849. The van der Waals surface area contributed by atoms with E-state index in [0.29, 0.717) is 0 Å². The van der Waals surface area contributed by atoms with E-state index in [4.69, 9.17) is 5.73 Å². The van der Waals surface area contributed by atoms with Crippen molar-refractivity contribution in [1.82, 2.24) is 0 Å². The molecular weight excluding hydrogens is 168 g/mol. The highest BCUT2D eigenvalue weighted by atomic mass is 16.3. The number of nitrogens with two attached hydrogens (primary N) is 1. The van der Waals surface area contributed by atoms with Gasteiger partial charge in [0.1, 0.15) is 0 Å². The van der Waals surface area contributed by atoms with E-state index in [9.17, 15) is 9.70 Å². The van der Waals surface area contributed by atoms with Crippen LogP contribution in [0.5, 0.6) is 0 Å². The highest BCUT2D eigenvalue weighted by molar-refractivity contribution is 5.80. The first-order chi connectivity index (χ1) is 6.24. The molecule has 0 aromatic heterocycles. The van der Waals surface area contributed by atoms with Crippen molar-refractivity contribution < 1.29 is 4.79 Å². The van der Waals surface area contributed by atoms with Crippen LogP contribution in [0.2, 0.25) is 0 Å². The molecular formula is C9H10N2O2. The van der Waals surface area contributed by atoms with Crippen LogP contribution in [0.3, 0.4) is 0 Å². The molecule has 0 aliphatic rings. The van der Waals surface area contributed by atoms with Gasteiger partial charge in [-0.1, -0.05) is 35.5 Å². The number of benzene rings is 1. The fraction of sp³-hybridized carbons (Fsp3) is 0.222. The third kappa shape index (κ3) is 2.66. The molecule has 0 saturated heterocycles. The molecule has 1 rings (SSSR count). The van der Waals surface area contributed by atoms with Crippen molar-refractivity contribution >= 4 is 5.91 Å². The van der Waals surface area contributed by atoms with Crippen LogP contribution >= 0.6 is 0 Å².